The molecule has 37 heavy (non-hydrogen) atoms. The molecule has 0 spiro atoms. The third-order valence-electron chi connectivity index (χ3n) is 6.31. The van der Waals surface area contributed by atoms with E-state index in [9.17, 15) is 0 Å². The monoisotopic (exact) mass is 499 g/mol. The second kappa shape index (κ2) is 13.9. The van der Waals surface area contributed by atoms with Gasteiger partial charge in [-0.25, -0.2) is 9.50 Å². The molecule has 1 atom stereocenters. The van der Waals surface area contributed by atoms with Crippen LogP contribution in [0.25, 0.3) is 5.52 Å². The molecule has 8 heteroatoms. The maximum atomic E-state index is 6.18. The van der Waals surface area contributed by atoms with Crippen LogP contribution in [0, 0.1) is 19.8 Å². The molecule has 2 aromatic heterocycles. The van der Waals surface area contributed by atoms with E-state index in [1.807, 2.05) is 55.9 Å². The average Bonchev–Trinajstić information content (AvgIpc) is 3.17. The molecule has 194 valence electrons. The Morgan fingerprint density at radius 1 is 1.24 bits per heavy atom. The van der Waals surface area contributed by atoms with Crippen molar-refractivity contribution in [2.24, 2.45) is 4.99 Å². The van der Waals surface area contributed by atoms with Crippen LogP contribution in [-0.2, 0) is 0 Å². The molecule has 1 unspecified atom stereocenters. The molecule has 3 aromatic rings. The second-order valence-electron chi connectivity index (χ2n) is 8.81. The quantitative estimate of drug-likeness (QED) is 0.175. The van der Waals surface area contributed by atoms with Crippen molar-refractivity contribution in [3.05, 3.63) is 71.5 Å². The van der Waals surface area contributed by atoms with E-state index in [1.54, 1.807) is 19.6 Å². The van der Waals surface area contributed by atoms with Crippen molar-refractivity contribution in [1.82, 2.24) is 25.2 Å². The Bertz CT molecular complexity index is 1280. The van der Waals surface area contributed by atoms with E-state index in [1.165, 1.54) is 18.4 Å². The van der Waals surface area contributed by atoms with Gasteiger partial charge in [-0.05, 0) is 99.7 Å². The van der Waals surface area contributed by atoms with Crippen LogP contribution < -0.4 is 20.7 Å². The Balaban J connectivity index is 0.00000186. The molecule has 1 fully saturated rings. The third kappa shape index (κ3) is 7.21. The normalized spacial score (nSPS) is 16.6. The highest BCUT2D eigenvalue weighted by Gasteiger charge is 2.20. The van der Waals surface area contributed by atoms with Gasteiger partial charge in [-0.1, -0.05) is 0 Å². The Hall–Kier alpha value is -4.09. The number of aliphatic imine (C=N–C) groups is 1. The highest BCUT2D eigenvalue weighted by atomic mass is 16.5. The summed E-state index contributed by atoms with van der Waals surface area (Å²) in [5.74, 6) is 2.82. The fraction of sp³-hybridized carbons (Fsp3) is 0.345. The first-order valence-electron chi connectivity index (χ1n) is 12.5. The number of aryl methyl sites for hydroxylation is 1. The van der Waals surface area contributed by atoms with Gasteiger partial charge in [0.2, 0.25) is 0 Å². The Morgan fingerprint density at radius 3 is 2.84 bits per heavy atom. The maximum absolute atomic E-state index is 6.18. The number of aromatic nitrogens is 3. The molecule has 0 amide bonds. The standard InChI is InChI=1S/C27H35N7O.C2H2/c1-19-16-22(7-8-25(19)35-23(10-13-28-3)17-20(2)29-4)33-27-26-24(11-15-34(26)32-18-31-27)21-6-5-12-30-14-9-21;1-2/h7-8,10-11,13,15-18,21,29-30H,5-6,9,12,14H2,1-4H3,(H,31,32,33);1-2H/b20-17+,23-10+,28-13?;. The summed E-state index contributed by atoms with van der Waals surface area (Å²) >= 11 is 0. The number of allylic oxidation sites excluding steroid dienone is 3. The highest BCUT2D eigenvalue weighted by Crippen LogP contribution is 2.34. The van der Waals surface area contributed by atoms with E-state index in [0.717, 1.165) is 53.5 Å². The first kappa shape index (κ1) is 27.5. The van der Waals surface area contributed by atoms with Crippen molar-refractivity contribution in [2.75, 3.05) is 32.5 Å². The van der Waals surface area contributed by atoms with E-state index in [-0.39, 0.29) is 0 Å². The van der Waals surface area contributed by atoms with E-state index >= 15 is 0 Å². The first-order chi connectivity index (χ1) is 18.1. The number of hydrogen-bond acceptors (Lipinski definition) is 7. The number of hydrogen-bond donors (Lipinski definition) is 3. The van der Waals surface area contributed by atoms with Gasteiger partial charge in [-0.15, -0.1) is 12.8 Å². The van der Waals surface area contributed by atoms with Crippen LogP contribution >= 0.6 is 0 Å². The van der Waals surface area contributed by atoms with Crippen LogP contribution in [-0.4, -0.2) is 48.0 Å². The predicted octanol–water partition coefficient (Wildman–Crippen LogP) is 4.97. The summed E-state index contributed by atoms with van der Waals surface area (Å²) in [4.78, 5) is 8.64. The topological polar surface area (TPSA) is 87.9 Å². The SMILES string of the molecule is C#C.CN=C/C=C(\C=C(/C)NC)Oc1ccc(Nc2ncnn3ccc(C4CCCNCC4)c23)cc1C. The van der Waals surface area contributed by atoms with Crippen LogP contribution in [0.1, 0.15) is 43.2 Å². The number of fused-ring (bicyclic) bond motifs is 1. The van der Waals surface area contributed by atoms with Crippen molar-refractivity contribution in [3.8, 4) is 18.6 Å². The maximum Gasteiger partial charge on any atom is 0.158 e. The number of ether oxygens (including phenoxy) is 1. The summed E-state index contributed by atoms with van der Waals surface area (Å²) in [5.41, 5.74) is 5.33. The van der Waals surface area contributed by atoms with E-state index in [4.69, 9.17) is 4.74 Å². The molecule has 1 aliphatic heterocycles. The number of rotatable bonds is 8. The predicted molar refractivity (Wildman–Crippen MR) is 153 cm³/mol. The second-order valence-corrected chi connectivity index (χ2v) is 8.81. The van der Waals surface area contributed by atoms with Crippen molar-refractivity contribution < 1.29 is 4.74 Å². The van der Waals surface area contributed by atoms with Gasteiger partial charge in [0.25, 0.3) is 0 Å². The molecule has 1 aliphatic rings. The van der Waals surface area contributed by atoms with Crippen molar-refractivity contribution in [2.45, 2.75) is 39.0 Å². The lowest BCUT2D eigenvalue weighted by Crippen LogP contribution is -2.13. The Kier molecular flexibility index (Phi) is 10.3. The van der Waals surface area contributed by atoms with Crippen LogP contribution in [0.15, 0.2) is 65.4 Å². The summed E-state index contributed by atoms with van der Waals surface area (Å²) in [6, 6.07) is 8.26. The van der Waals surface area contributed by atoms with Crippen molar-refractivity contribution in [1.29, 1.82) is 0 Å². The van der Waals surface area contributed by atoms with E-state index in [2.05, 4.69) is 56.0 Å². The molecule has 3 N–H and O–H groups in total. The lowest BCUT2D eigenvalue weighted by molar-refractivity contribution is 0.441. The van der Waals surface area contributed by atoms with Crippen molar-refractivity contribution in [3.63, 3.8) is 0 Å². The average molecular weight is 500 g/mol. The molecule has 0 bridgehead atoms. The molecular formula is C29H37N7O. The number of nitrogens with one attached hydrogen (secondary N) is 3. The van der Waals surface area contributed by atoms with Gasteiger partial charge in [0, 0.05) is 37.9 Å². The number of anilines is 2. The molecule has 4 rings (SSSR count). The minimum Gasteiger partial charge on any atom is -0.457 e. The number of terminal acetylenes is 1. The summed E-state index contributed by atoms with van der Waals surface area (Å²) in [7, 11) is 3.62. The Morgan fingerprint density at radius 2 is 2.08 bits per heavy atom. The van der Waals surface area contributed by atoms with Gasteiger partial charge in [-0.3, -0.25) is 4.99 Å². The van der Waals surface area contributed by atoms with Crippen LogP contribution in [0.4, 0.5) is 11.5 Å². The van der Waals surface area contributed by atoms with E-state index < -0.39 is 0 Å². The highest BCUT2D eigenvalue weighted by molar-refractivity contribution is 5.77. The molecule has 3 heterocycles. The zero-order valence-corrected chi connectivity index (χ0v) is 22.2. The van der Waals surface area contributed by atoms with Gasteiger partial charge in [0.1, 0.15) is 23.4 Å². The van der Waals surface area contributed by atoms with E-state index in [0.29, 0.717) is 11.7 Å². The fourth-order valence-corrected chi connectivity index (χ4v) is 4.38. The minimum absolute atomic E-state index is 0.505. The lowest BCUT2D eigenvalue weighted by atomic mass is 9.93. The summed E-state index contributed by atoms with van der Waals surface area (Å²) in [5, 5.41) is 14.6. The third-order valence-corrected chi connectivity index (χ3v) is 6.31. The smallest absolute Gasteiger partial charge is 0.158 e. The van der Waals surface area contributed by atoms with Gasteiger partial charge in [0.05, 0.1) is 0 Å². The minimum atomic E-state index is 0.505. The van der Waals surface area contributed by atoms with Gasteiger partial charge in [-0.2, -0.15) is 5.10 Å². The first-order valence-corrected chi connectivity index (χ1v) is 12.5. The van der Waals surface area contributed by atoms with Crippen LogP contribution in [0.2, 0.25) is 0 Å². The zero-order chi connectivity index (χ0) is 26.6. The van der Waals surface area contributed by atoms with Crippen LogP contribution in [0.5, 0.6) is 5.75 Å². The summed E-state index contributed by atoms with van der Waals surface area (Å²) in [6.07, 6.45) is 20.6. The summed E-state index contributed by atoms with van der Waals surface area (Å²) in [6.45, 7) is 6.16. The fourth-order valence-electron chi connectivity index (χ4n) is 4.38. The molecule has 0 radical (unpaired) electrons. The van der Waals surface area contributed by atoms with Gasteiger partial charge >= 0.3 is 0 Å². The molecule has 1 saturated heterocycles. The number of benzene rings is 1. The molecule has 0 aliphatic carbocycles. The van der Waals surface area contributed by atoms with Crippen LogP contribution in [0.3, 0.4) is 0 Å². The molecule has 0 saturated carbocycles. The number of nitrogens with zero attached hydrogens (tertiary/aromatic N) is 4. The molecular weight excluding hydrogens is 462 g/mol. The van der Waals surface area contributed by atoms with Gasteiger partial charge < -0.3 is 20.7 Å². The van der Waals surface area contributed by atoms with Crippen molar-refractivity contribution >= 4 is 23.2 Å². The molecule has 8 nitrogen and oxygen atoms in total. The zero-order valence-electron chi connectivity index (χ0n) is 22.2. The van der Waals surface area contributed by atoms with Gasteiger partial charge in [0.15, 0.2) is 5.82 Å². The largest absolute Gasteiger partial charge is 0.457 e. The Labute approximate surface area is 219 Å². The summed E-state index contributed by atoms with van der Waals surface area (Å²) < 4.78 is 8.11. The lowest BCUT2D eigenvalue weighted by Gasteiger charge is -2.16. The molecule has 1 aromatic carbocycles.